The third-order valence-corrected chi connectivity index (χ3v) is 4.26. The molecule has 0 saturated carbocycles. The summed E-state index contributed by atoms with van der Waals surface area (Å²) in [5.41, 5.74) is 1.58. The minimum absolute atomic E-state index is 0.0990. The van der Waals surface area contributed by atoms with Crippen LogP contribution in [0.4, 0.5) is 5.69 Å². The molecule has 0 unspecified atom stereocenters. The van der Waals surface area contributed by atoms with Gasteiger partial charge in [0.25, 0.3) is 0 Å². The maximum Gasteiger partial charge on any atom is 0.239 e. The number of hydrogen-bond donors (Lipinski definition) is 1. The summed E-state index contributed by atoms with van der Waals surface area (Å²) in [6, 6.07) is 9.05. The molecule has 0 spiro atoms. The number of nitrogens with zero attached hydrogens (tertiary/aromatic N) is 1. The highest BCUT2D eigenvalue weighted by molar-refractivity contribution is 7.92. The number of carbonyl (C=O) groups is 1. The average molecular weight is 294 g/mol. The third-order valence-electron chi connectivity index (χ3n) is 2.73. The van der Waals surface area contributed by atoms with Crippen LogP contribution in [0.3, 0.4) is 0 Å². The van der Waals surface area contributed by atoms with Crippen molar-refractivity contribution in [3.05, 3.63) is 29.8 Å². The first-order valence-corrected chi connectivity index (χ1v) is 8.14. The Hall–Kier alpha value is -1.87. The molecule has 1 aromatic carbocycles. The van der Waals surface area contributed by atoms with Crippen molar-refractivity contribution in [1.29, 1.82) is 5.26 Å². The standard InChI is InChI=1S/C14H18N2O3S/c1-11(2)12-6-3-4-7-13(12)16-14(17)10-20(18,19)9-5-8-15/h3-4,6-7,11H,5,9-10H2,1-2H3,(H,16,17). The molecule has 0 aliphatic rings. The number of para-hydroxylation sites is 1. The van der Waals surface area contributed by atoms with E-state index in [2.05, 4.69) is 5.32 Å². The van der Waals surface area contributed by atoms with Gasteiger partial charge in [-0.15, -0.1) is 0 Å². The van der Waals surface area contributed by atoms with Gasteiger partial charge in [-0.2, -0.15) is 5.26 Å². The molecule has 0 aromatic heterocycles. The van der Waals surface area contributed by atoms with Crippen molar-refractivity contribution < 1.29 is 13.2 Å². The van der Waals surface area contributed by atoms with E-state index in [0.717, 1.165) is 5.56 Å². The third kappa shape index (κ3) is 5.02. The normalized spacial score (nSPS) is 11.1. The Labute approximate surface area is 119 Å². The van der Waals surface area contributed by atoms with E-state index in [1.54, 1.807) is 18.2 Å². The van der Waals surface area contributed by atoms with Crippen molar-refractivity contribution >= 4 is 21.4 Å². The molecule has 108 valence electrons. The SMILES string of the molecule is CC(C)c1ccccc1NC(=O)CS(=O)(=O)CCC#N. The lowest BCUT2D eigenvalue weighted by molar-refractivity contribution is -0.113. The first-order chi connectivity index (χ1) is 9.35. The monoisotopic (exact) mass is 294 g/mol. The van der Waals surface area contributed by atoms with Crippen molar-refractivity contribution in [3.63, 3.8) is 0 Å². The fourth-order valence-electron chi connectivity index (χ4n) is 1.77. The lowest BCUT2D eigenvalue weighted by Crippen LogP contribution is -2.25. The minimum atomic E-state index is -3.53. The second-order valence-electron chi connectivity index (χ2n) is 4.79. The van der Waals surface area contributed by atoms with Gasteiger partial charge in [-0.3, -0.25) is 4.79 Å². The van der Waals surface area contributed by atoms with Crippen molar-refractivity contribution in [2.75, 3.05) is 16.8 Å². The van der Waals surface area contributed by atoms with E-state index in [1.165, 1.54) is 0 Å². The maximum atomic E-state index is 11.8. The number of benzene rings is 1. The molecule has 1 amide bonds. The Kier molecular flexibility index (Phi) is 5.71. The van der Waals surface area contributed by atoms with Gasteiger partial charge in [0.1, 0.15) is 5.75 Å². The van der Waals surface area contributed by atoms with Crippen molar-refractivity contribution in [2.45, 2.75) is 26.2 Å². The van der Waals surface area contributed by atoms with Gasteiger partial charge in [-0.25, -0.2) is 8.42 Å². The highest BCUT2D eigenvalue weighted by Gasteiger charge is 2.17. The first-order valence-electron chi connectivity index (χ1n) is 6.32. The zero-order chi connectivity index (χ0) is 15.2. The van der Waals surface area contributed by atoms with Crippen LogP contribution in [-0.2, 0) is 14.6 Å². The van der Waals surface area contributed by atoms with Crippen LogP contribution in [0.5, 0.6) is 0 Å². The van der Waals surface area contributed by atoms with Gasteiger partial charge in [-0.05, 0) is 17.5 Å². The number of carbonyl (C=O) groups excluding carboxylic acids is 1. The van der Waals surface area contributed by atoms with Gasteiger partial charge >= 0.3 is 0 Å². The Morgan fingerprint density at radius 2 is 2.00 bits per heavy atom. The predicted molar refractivity (Wildman–Crippen MR) is 78.0 cm³/mol. The summed E-state index contributed by atoms with van der Waals surface area (Å²) >= 11 is 0. The largest absolute Gasteiger partial charge is 0.325 e. The van der Waals surface area contributed by atoms with E-state index >= 15 is 0 Å². The van der Waals surface area contributed by atoms with Crippen LogP contribution < -0.4 is 5.32 Å². The summed E-state index contributed by atoms with van der Waals surface area (Å²) in [6.45, 7) is 3.99. The molecule has 0 heterocycles. The quantitative estimate of drug-likeness (QED) is 0.870. The summed E-state index contributed by atoms with van der Waals surface area (Å²) in [5.74, 6) is -1.23. The summed E-state index contributed by atoms with van der Waals surface area (Å²) in [4.78, 5) is 11.8. The molecular formula is C14H18N2O3S. The Balaban J connectivity index is 2.75. The van der Waals surface area contributed by atoms with Crippen molar-refractivity contribution in [3.8, 4) is 6.07 Å². The molecule has 0 fully saturated rings. The molecule has 0 aliphatic heterocycles. The molecule has 20 heavy (non-hydrogen) atoms. The molecule has 0 atom stereocenters. The number of anilines is 1. The minimum Gasteiger partial charge on any atom is -0.325 e. The summed E-state index contributed by atoms with van der Waals surface area (Å²) in [5, 5.41) is 11.0. The number of rotatable bonds is 6. The zero-order valence-electron chi connectivity index (χ0n) is 11.6. The second kappa shape index (κ2) is 7.06. The maximum absolute atomic E-state index is 11.8. The molecule has 1 rings (SSSR count). The molecule has 0 bridgehead atoms. The van der Waals surface area contributed by atoms with Crippen LogP contribution in [0, 0.1) is 11.3 Å². The number of sulfone groups is 1. The Morgan fingerprint density at radius 3 is 2.60 bits per heavy atom. The van der Waals surface area contributed by atoms with Gasteiger partial charge in [0.2, 0.25) is 5.91 Å². The van der Waals surface area contributed by atoms with Crippen molar-refractivity contribution in [1.82, 2.24) is 0 Å². The van der Waals surface area contributed by atoms with E-state index in [4.69, 9.17) is 5.26 Å². The van der Waals surface area contributed by atoms with Gasteiger partial charge in [-0.1, -0.05) is 32.0 Å². The number of amides is 1. The van der Waals surface area contributed by atoms with Crippen LogP contribution in [0.25, 0.3) is 0 Å². The lowest BCUT2D eigenvalue weighted by atomic mass is 10.0. The van der Waals surface area contributed by atoms with Crippen LogP contribution in [-0.4, -0.2) is 25.8 Å². The zero-order valence-corrected chi connectivity index (χ0v) is 12.4. The van der Waals surface area contributed by atoms with Crippen LogP contribution in [0.15, 0.2) is 24.3 Å². The first kappa shape index (κ1) is 16.2. The summed E-state index contributed by atoms with van der Waals surface area (Å²) in [7, 11) is -3.53. The van der Waals surface area contributed by atoms with Crippen LogP contribution in [0.2, 0.25) is 0 Å². The molecule has 0 aliphatic carbocycles. The molecule has 6 heteroatoms. The summed E-state index contributed by atoms with van der Waals surface area (Å²) in [6.07, 6.45) is -0.0990. The summed E-state index contributed by atoms with van der Waals surface area (Å²) < 4.78 is 23.2. The average Bonchev–Trinajstić information content (AvgIpc) is 2.36. The van der Waals surface area contributed by atoms with E-state index in [-0.39, 0.29) is 18.1 Å². The molecule has 5 nitrogen and oxygen atoms in total. The van der Waals surface area contributed by atoms with Crippen LogP contribution >= 0.6 is 0 Å². The highest BCUT2D eigenvalue weighted by Crippen LogP contribution is 2.23. The lowest BCUT2D eigenvalue weighted by Gasteiger charge is -2.13. The molecule has 1 aromatic rings. The van der Waals surface area contributed by atoms with E-state index in [0.29, 0.717) is 5.69 Å². The topological polar surface area (TPSA) is 87.0 Å². The van der Waals surface area contributed by atoms with Gasteiger partial charge < -0.3 is 5.32 Å². The fourth-order valence-corrected chi connectivity index (χ4v) is 2.79. The van der Waals surface area contributed by atoms with Gasteiger partial charge in [0.05, 0.1) is 11.8 Å². The molecule has 0 radical (unpaired) electrons. The van der Waals surface area contributed by atoms with Gasteiger partial charge in [0, 0.05) is 12.1 Å². The fraction of sp³-hybridized carbons (Fsp3) is 0.429. The van der Waals surface area contributed by atoms with E-state index in [9.17, 15) is 13.2 Å². The smallest absolute Gasteiger partial charge is 0.239 e. The van der Waals surface area contributed by atoms with Gasteiger partial charge in [0.15, 0.2) is 9.84 Å². The highest BCUT2D eigenvalue weighted by atomic mass is 32.2. The molecule has 1 N–H and O–H groups in total. The predicted octanol–water partition coefficient (Wildman–Crippen LogP) is 2.08. The Bertz CT molecular complexity index is 616. The number of nitriles is 1. The Morgan fingerprint density at radius 1 is 1.35 bits per heavy atom. The molecule has 0 saturated heterocycles. The molecular weight excluding hydrogens is 276 g/mol. The number of nitrogens with one attached hydrogen (secondary N) is 1. The van der Waals surface area contributed by atoms with Crippen molar-refractivity contribution in [2.24, 2.45) is 0 Å². The number of hydrogen-bond acceptors (Lipinski definition) is 4. The second-order valence-corrected chi connectivity index (χ2v) is 6.97. The van der Waals surface area contributed by atoms with Crippen LogP contribution in [0.1, 0.15) is 31.7 Å². The van der Waals surface area contributed by atoms with E-state index in [1.807, 2.05) is 26.0 Å². The van der Waals surface area contributed by atoms with E-state index < -0.39 is 21.5 Å².